The molecule has 8 heteroatoms. The molecule has 2 amide bonds. The van der Waals surface area contributed by atoms with Gasteiger partial charge in [0.25, 0.3) is 0 Å². The summed E-state index contributed by atoms with van der Waals surface area (Å²) in [6.45, 7) is 1.62. The number of aliphatic imine (C=N–C) groups is 2. The van der Waals surface area contributed by atoms with Crippen molar-refractivity contribution in [1.82, 2.24) is 5.32 Å². The lowest BCUT2D eigenvalue weighted by atomic mass is 9.70. The monoisotopic (exact) mass is 420 g/mol. The molecule has 160 valence electrons. The van der Waals surface area contributed by atoms with E-state index in [1.54, 1.807) is 11.8 Å². The Kier molecular flexibility index (Phi) is 5.81. The van der Waals surface area contributed by atoms with Crippen molar-refractivity contribution >= 4 is 29.2 Å². The Labute approximate surface area is 180 Å². The van der Waals surface area contributed by atoms with E-state index in [0.29, 0.717) is 17.2 Å². The highest BCUT2D eigenvalue weighted by Crippen LogP contribution is 2.44. The first-order valence-electron chi connectivity index (χ1n) is 10.2. The molecule has 0 radical (unpaired) electrons. The Balaban J connectivity index is 1.92. The Morgan fingerprint density at radius 3 is 2.35 bits per heavy atom. The first kappa shape index (κ1) is 20.7. The molecule has 2 aliphatic rings. The molecule has 3 N–H and O–H groups in total. The van der Waals surface area contributed by atoms with Crippen LogP contribution in [0.15, 0.2) is 70.6 Å². The molecule has 2 aliphatic heterocycles. The average molecular weight is 420 g/mol. The topological polar surface area (TPSA) is 115 Å². The third-order valence-electron chi connectivity index (χ3n) is 5.75. The molecule has 0 spiro atoms. The molecule has 2 aromatic rings. The Bertz CT molecular complexity index is 1020. The Morgan fingerprint density at radius 1 is 1.10 bits per heavy atom. The van der Waals surface area contributed by atoms with E-state index < -0.39 is 29.9 Å². The number of hydrogen-bond donors (Lipinski definition) is 3. The quantitative estimate of drug-likeness (QED) is 0.689. The second-order valence-corrected chi connectivity index (χ2v) is 7.59. The number of aliphatic hydroxyl groups is 1. The summed E-state index contributed by atoms with van der Waals surface area (Å²) >= 11 is 0. The van der Waals surface area contributed by atoms with E-state index in [9.17, 15) is 19.8 Å². The van der Waals surface area contributed by atoms with Crippen molar-refractivity contribution in [3.63, 3.8) is 0 Å². The standard InChI is InChI=1S/C23H24N4O4/c1-14-17(22(29)30)18(15-8-4-2-5-9-15)19-20(24-12-13-28)26-23(31)27(21(19)25-14)16-10-6-3-7-11-16/h2-11,17-19,21,28H,12-13H2,1H3,(H,29,30)(H,24,26,31). The zero-order valence-corrected chi connectivity index (χ0v) is 17.0. The number of carboxylic acid groups (broad SMARTS) is 1. The summed E-state index contributed by atoms with van der Waals surface area (Å²) in [5.74, 6) is -2.50. The van der Waals surface area contributed by atoms with Crippen molar-refractivity contribution in [3.8, 4) is 0 Å². The van der Waals surface area contributed by atoms with Gasteiger partial charge in [0.2, 0.25) is 0 Å². The smallest absolute Gasteiger partial charge is 0.329 e. The van der Waals surface area contributed by atoms with Crippen molar-refractivity contribution < 1.29 is 19.8 Å². The van der Waals surface area contributed by atoms with Gasteiger partial charge in [0.1, 0.15) is 17.9 Å². The summed E-state index contributed by atoms with van der Waals surface area (Å²) in [7, 11) is 0. The molecule has 1 saturated heterocycles. The van der Waals surface area contributed by atoms with Crippen molar-refractivity contribution in [2.24, 2.45) is 21.8 Å². The van der Waals surface area contributed by atoms with E-state index in [1.807, 2.05) is 60.7 Å². The van der Waals surface area contributed by atoms with E-state index in [2.05, 4.69) is 10.3 Å². The molecule has 31 heavy (non-hydrogen) atoms. The number of carboxylic acids is 1. The first-order valence-corrected chi connectivity index (χ1v) is 10.2. The molecular formula is C23H24N4O4. The fourth-order valence-electron chi connectivity index (χ4n) is 4.51. The van der Waals surface area contributed by atoms with Crippen LogP contribution < -0.4 is 10.2 Å². The number of carbonyl (C=O) groups is 2. The summed E-state index contributed by atoms with van der Waals surface area (Å²) in [6.07, 6.45) is -0.658. The molecule has 8 nitrogen and oxygen atoms in total. The molecule has 4 unspecified atom stereocenters. The van der Waals surface area contributed by atoms with Crippen LogP contribution in [0.25, 0.3) is 0 Å². The Morgan fingerprint density at radius 2 is 1.74 bits per heavy atom. The number of aliphatic hydroxyl groups excluding tert-OH is 1. The maximum absolute atomic E-state index is 13.1. The Hall–Kier alpha value is -3.52. The molecular weight excluding hydrogens is 396 g/mol. The number of nitrogens with one attached hydrogen (secondary N) is 1. The number of anilines is 1. The van der Waals surface area contributed by atoms with Gasteiger partial charge in [-0.15, -0.1) is 0 Å². The van der Waals surface area contributed by atoms with Gasteiger partial charge < -0.3 is 10.2 Å². The van der Waals surface area contributed by atoms with Gasteiger partial charge in [0.15, 0.2) is 0 Å². The van der Waals surface area contributed by atoms with E-state index in [1.165, 1.54) is 0 Å². The van der Waals surface area contributed by atoms with E-state index in [-0.39, 0.29) is 19.2 Å². The summed E-state index contributed by atoms with van der Waals surface area (Å²) in [5, 5.41) is 22.2. The fraction of sp³-hybridized carbons (Fsp3) is 0.304. The zero-order chi connectivity index (χ0) is 22.0. The molecule has 2 heterocycles. The van der Waals surface area contributed by atoms with E-state index in [0.717, 1.165) is 5.56 Å². The third kappa shape index (κ3) is 3.82. The molecule has 0 saturated carbocycles. The number of amidine groups is 1. The van der Waals surface area contributed by atoms with Gasteiger partial charge in [-0.2, -0.15) is 0 Å². The van der Waals surface area contributed by atoms with Crippen LogP contribution in [0.3, 0.4) is 0 Å². The lowest BCUT2D eigenvalue weighted by Gasteiger charge is -2.47. The largest absolute Gasteiger partial charge is 0.481 e. The number of urea groups is 1. The highest BCUT2D eigenvalue weighted by Gasteiger charge is 2.52. The first-order chi connectivity index (χ1) is 15.0. The van der Waals surface area contributed by atoms with Crippen molar-refractivity contribution in [3.05, 3.63) is 66.2 Å². The molecule has 1 fully saturated rings. The number of rotatable bonds is 5. The van der Waals surface area contributed by atoms with Crippen LogP contribution in [0, 0.1) is 11.8 Å². The number of nitrogens with zero attached hydrogens (tertiary/aromatic N) is 3. The summed E-state index contributed by atoms with van der Waals surface area (Å²) in [5.41, 5.74) is 1.95. The van der Waals surface area contributed by atoms with Gasteiger partial charge >= 0.3 is 12.0 Å². The van der Waals surface area contributed by atoms with Crippen LogP contribution in [0.4, 0.5) is 10.5 Å². The highest BCUT2D eigenvalue weighted by atomic mass is 16.4. The zero-order valence-electron chi connectivity index (χ0n) is 17.0. The van der Waals surface area contributed by atoms with Crippen molar-refractivity contribution in [1.29, 1.82) is 0 Å². The van der Waals surface area contributed by atoms with Crippen molar-refractivity contribution in [2.75, 3.05) is 18.1 Å². The minimum atomic E-state index is -0.974. The van der Waals surface area contributed by atoms with Gasteiger partial charge in [-0.1, -0.05) is 48.5 Å². The number of aliphatic carboxylic acids is 1. The second-order valence-electron chi connectivity index (χ2n) is 7.59. The number of benzene rings is 2. The summed E-state index contributed by atoms with van der Waals surface area (Å²) in [4.78, 5) is 36.0. The van der Waals surface area contributed by atoms with Gasteiger partial charge in [-0.3, -0.25) is 25.0 Å². The van der Waals surface area contributed by atoms with Gasteiger partial charge in [-0.05, 0) is 24.6 Å². The minimum Gasteiger partial charge on any atom is -0.481 e. The second kappa shape index (κ2) is 8.69. The normalized spacial score (nSPS) is 26.8. The molecule has 0 bridgehead atoms. The molecule has 4 rings (SSSR count). The van der Waals surface area contributed by atoms with Gasteiger partial charge in [0.05, 0.1) is 19.1 Å². The minimum absolute atomic E-state index is 0.103. The van der Waals surface area contributed by atoms with Crippen LogP contribution in [0.5, 0.6) is 0 Å². The molecule has 0 aromatic heterocycles. The number of carbonyl (C=O) groups excluding carboxylic acids is 1. The van der Waals surface area contributed by atoms with Gasteiger partial charge in [0, 0.05) is 17.3 Å². The number of fused-ring (bicyclic) bond motifs is 1. The summed E-state index contributed by atoms with van der Waals surface area (Å²) in [6, 6.07) is 18.2. The number of para-hydroxylation sites is 1. The SMILES string of the molecule is CC1=NC2C(C(=NCCO)NC(=O)N2c2ccccc2)C(c2ccccc2)C1C(=O)O. The van der Waals surface area contributed by atoms with Crippen LogP contribution >= 0.6 is 0 Å². The van der Waals surface area contributed by atoms with Crippen LogP contribution in [0.2, 0.25) is 0 Å². The van der Waals surface area contributed by atoms with E-state index in [4.69, 9.17) is 4.99 Å². The number of hydrogen-bond acceptors (Lipinski definition) is 5. The number of amides is 2. The predicted molar refractivity (Wildman–Crippen MR) is 118 cm³/mol. The predicted octanol–water partition coefficient (Wildman–Crippen LogP) is 2.51. The maximum Gasteiger partial charge on any atom is 0.329 e. The third-order valence-corrected chi connectivity index (χ3v) is 5.75. The lowest BCUT2D eigenvalue weighted by Crippen LogP contribution is -2.64. The van der Waals surface area contributed by atoms with Gasteiger partial charge in [-0.25, -0.2) is 4.79 Å². The lowest BCUT2D eigenvalue weighted by molar-refractivity contribution is -0.140. The van der Waals surface area contributed by atoms with E-state index >= 15 is 0 Å². The average Bonchev–Trinajstić information content (AvgIpc) is 2.77. The van der Waals surface area contributed by atoms with Crippen LogP contribution in [-0.2, 0) is 4.79 Å². The fourth-order valence-corrected chi connectivity index (χ4v) is 4.51. The molecule has 4 atom stereocenters. The van der Waals surface area contributed by atoms with Crippen LogP contribution in [0.1, 0.15) is 18.4 Å². The van der Waals surface area contributed by atoms with Crippen molar-refractivity contribution in [2.45, 2.75) is 19.0 Å². The maximum atomic E-state index is 13.1. The molecule has 2 aromatic carbocycles. The summed E-state index contributed by atoms with van der Waals surface area (Å²) < 4.78 is 0. The van der Waals surface area contributed by atoms with Crippen LogP contribution in [-0.4, -0.2) is 53.1 Å². The highest BCUT2D eigenvalue weighted by molar-refractivity contribution is 6.12. The molecule has 0 aliphatic carbocycles.